The Morgan fingerprint density at radius 3 is 2.95 bits per heavy atom. The van der Waals surface area contributed by atoms with E-state index in [0.29, 0.717) is 18.5 Å². The molecule has 1 amide bonds. The van der Waals surface area contributed by atoms with Crippen molar-refractivity contribution < 1.29 is 9.90 Å². The van der Waals surface area contributed by atoms with Gasteiger partial charge in [-0.05, 0) is 31.4 Å². The van der Waals surface area contributed by atoms with Crippen molar-refractivity contribution in [1.29, 1.82) is 0 Å². The lowest BCUT2D eigenvalue weighted by Crippen LogP contribution is -2.28. The summed E-state index contributed by atoms with van der Waals surface area (Å²) in [6.45, 7) is 4.69. The number of benzene rings is 1. The lowest BCUT2D eigenvalue weighted by Gasteiger charge is -2.11. The smallest absolute Gasteiger partial charge is 0.251 e. The SMILES string of the molecule is Cc1nc(-c2cccc(C(=O)NCC(C)CCO)c2)cs1. The van der Waals surface area contributed by atoms with E-state index >= 15 is 0 Å². The first-order valence-electron chi connectivity index (χ1n) is 7.01. The highest BCUT2D eigenvalue weighted by atomic mass is 32.1. The van der Waals surface area contributed by atoms with Crippen LogP contribution in [0.3, 0.4) is 0 Å². The van der Waals surface area contributed by atoms with E-state index in [2.05, 4.69) is 10.3 Å². The topological polar surface area (TPSA) is 62.2 Å². The minimum atomic E-state index is -0.0893. The van der Waals surface area contributed by atoms with Crippen molar-refractivity contribution in [3.63, 3.8) is 0 Å². The maximum Gasteiger partial charge on any atom is 0.251 e. The van der Waals surface area contributed by atoms with Crippen LogP contribution in [0.25, 0.3) is 11.3 Å². The molecule has 4 nitrogen and oxygen atoms in total. The Kier molecular flexibility index (Phi) is 5.47. The van der Waals surface area contributed by atoms with Gasteiger partial charge in [-0.2, -0.15) is 0 Å². The second-order valence-electron chi connectivity index (χ2n) is 5.16. The number of aromatic nitrogens is 1. The average molecular weight is 304 g/mol. The van der Waals surface area contributed by atoms with Gasteiger partial charge in [-0.15, -0.1) is 11.3 Å². The highest BCUT2D eigenvalue weighted by molar-refractivity contribution is 7.09. The number of aryl methyl sites for hydroxylation is 1. The van der Waals surface area contributed by atoms with Crippen LogP contribution in [0.15, 0.2) is 29.6 Å². The molecule has 5 heteroatoms. The number of aliphatic hydroxyl groups is 1. The fraction of sp³-hybridized carbons (Fsp3) is 0.375. The molecular formula is C16H20N2O2S. The summed E-state index contributed by atoms with van der Waals surface area (Å²) in [6.07, 6.45) is 0.693. The second-order valence-corrected chi connectivity index (χ2v) is 6.22. The molecule has 2 aromatic rings. The molecule has 0 saturated heterocycles. The summed E-state index contributed by atoms with van der Waals surface area (Å²) in [5, 5.41) is 14.8. The van der Waals surface area contributed by atoms with Gasteiger partial charge in [0.2, 0.25) is 0 Å². The lowest BCUT2D eigenvalue weighted by atomic mass is 10.1. The third-order valence-corrected chi connectivity index (χ3v) is 4.05. The van der Waals surface area contributed by atoms with Crippen LogP contribution in [0.2, 0.25) is 0 Å². The van der Waals surface area contributed by atoms with Gasteiger partial charge in [0.15, 0.2) is 0 Å². The second kappa shape index (κ2) is 7.33. The molecule has 21 heavy (non-hydrogen) atoms. The Morgan fingerprint density at radius 2 is 2.29 bits per heavy atom. The average Bonchev–Trinajstić information content (AvgIpc) is 2.92. The number of carbonyl (C=O) groups is 1. The Morgan fingerprint density at radius 1 is 1.48 bits per heavy atom. The first-order chi connectivity index (χ1) is 10.1. The predicted molar refractivity (Wildman–Crippen MR) is 85.5 cm³/mol. The molecule has 1 heterocycles. The highest BCUT2D eigenvalue weighted by Gasteiger charge is 2.10. The van der Waals surface area contributed by atoms with Crippen molar-refractivity contribution in [3.05, 3.63) is 40.2 Å². The number of carbonyl (C=O) groups excluding carboxylic acids is 1. The number of hydrogen-bond donors (Lipinski definition) is 2. The molecule has 0 bridgehead atoms. The number of nitrogens with one attached hydrogen (secondary N) is 1. The minimum Gasteiger partial charge on any atom is -0.396 e. The van der Waals surface area contributed by atoms with Gasteiger partial charge in [0, 0.05) is 29.7 Å². The van der Waals surface area contributed by atoms with Crippen LogP contribution in [0.5, 0.6) is 0 Å². The maximum atomic E-state index is 12.2. The van der Waals surface area contributed by atoms with Gasteiger partial charge in [0.25, 0.3) is 5.91 Å². The molecular weight excluding hydrogens is 284 g/mol. The summed E-state index contributed by atoms with van der Waals surface area (Å²) < 4.78 is 0. The first-order valence-corrected chi connectivity index (χ1v) is 7.89. The van der Waals surface area contributed by atoms with Crippen LogP contribution < -0.4 is 5.32 Å². The van der Waals surface area contributed by atoms with Crippen molar-refractivity contribution in [1.82, 2.24) is 10.3 Å². The molecule has 2 N–H and O–H groups in total. The van der Waals surface area contributed by atoms with Crippen LogP contribution >= 0.6 is 11.3 Å². The van der Waals surface area contributed by atoms with Crippen molar-refractivity contribution in [2.45, 2.75) is 20.3 Å². The standard InChI is InChI=1S/C16H20N2O2S/c1-11(6-7-19)9-17-16(20)14-5-3-4-13(8-14)15-10-21-12(2)18-15/h3-5,8,10-11,19H,6-7,9H2,1-2H3,(H,17,20). The lowest BCUT2D eigenvalue weighted by molar-refractivity contribution is 0.0945. The van der Waals surface area contributed by atoms with E-state index in [1.54, 1.807) is 17.4 Å². The van der Waals surface area contributed by atoms with Crippen LogP contribution in [0.1, 0.15) is 28.7 Å². The van der Waals surface area contributed by atoms with Gasteiger partial charge in [-0.1, -0.05) is 19.1 Å². The van der Waals surface area contributed by atoms with E-state index in [1.807, 2.05) is 37.4 Å². The Bertz CT molecular complexity index is 610. The van der Waals surface area contributed by atoms with E-state index in [0.717, 1.165) is 16.3 Å². The molecule has 1 aromatic carbocycles. The van der Waals surface area contributed by atoms with Crippen molar-refractivity contribution in [2.75, 3.05) is 13.2 Å². The molecule has 0 radical (unpaired) electrons. The summed E-state index contributed by atoms with van der Waals surface area (Å²) in [5.74, 6) is 0.178. The zero-order valence-electron chi connectivity index (χ0n) is 12.3. The van der Waals surface area contributed by atoms with Crippen LogP contribution in [-0.2, 0) is 0 Å². The summed E-state index contributed by atoms with van der Waals surface area (Å²) in [4.78, 5) is 16.6. The van der Waals surface area contributed by atoms with Crippen molar-refractivity contribution >= 4 is 17.2 Å². The molecule has 0 aliphatic heterocycles. The van der Waals surface area contributed by atoms with E-state index < -0.39 is 0 Å². The van der Waals surface area contributed by atoms with Gasteiger partial charge >= 0.3 is 0 Å². The Labute approximate surface area is 128 Å². The molecule has 112 valence electrons. The molecule has 0 aliphatic rings. The molecule has 0 fully saturated rings. The quantitative estimate of drug-likeness (QED) is 0.862. The monoisotopic (exact) mass is 304 g/mol. The fourth-order valence-corrected chi connectivity index (χ4v) is 2.63. The number of hydrogen-bond acceptors (Lipinski definition) is 4. The van der Waals surface area contributed by atoms with E-state index in [9.17, 15) is 4.79 Å². The molecule has 1 atom stereocenters. The zero-order valence-corrected chi connectivity index (χ0v) is 13.1. The normalized spacial score (nSPS) is 12.1. The molecule has 0 aliphatic carbocycles. The van der Waals surface area contributed by atoms with Crippen LogP contribution in [-0.4, -0.2) is 29.1 Å². The van der Waals surface area contributed by atoms with Crippen LogP contribution in [0, 0.1) is 12.8 Å². The third kappa shape index (κ3) is 4.37. The Balaban J connectivity index is 2.05. The number of aliphatic hydroxyl groups excluding tert-OH is 1. The zero-order chi connectivity index (χ0) is 15.2. The van der Waals surface area contributed by atoms with Crippen molar-refractivity contribution in [2.24, 2.45) is 5.92 Å². The number of amides is 1. The molecule has 0 spiro atoms. The van der Waals surface area contributed by atoms with E-state index in [4.69, 9.17) is 5.11 Å². The van der Waals surface area contributed by atoms with Gasteiger partial charge in [-0.25, -0.2) is 4.98 Å². The largest absolute Gasteiger partial charge is 0.396 e. The van der Waals surface area contributed by atoms with E-state index in [1.165, 1.54) is 0 Å². The molecule has 1 aromatic heterocycles. The Hall–Kier alpha value is -1.72. The molecule has 0 saturated carbocycles. The third-order valence-electron chi connectivity index (χ3n) is 3.27. The number of nitrogens with zero attached hydrogens (tertiary/aromatic N) is 1. The minimum absolute atomic E-state index is 0.0893. The van der Waals surface area contributed by atoms with Gasteiger partial charge in [0.1, 0.15) is 0 Å². The number of rotatable bonds is 6. The van der Waals surface area contributed by atoms with Crippen LogP contribution in [0.4, 0.5) is 0 Å². The first kappa shape index (κ1) is 15.7. The highest BCUT2D eigenvalue weighted by Crippen LogP contribution is 2.22. The number of thiazole rings is 1. The van der Waals surface area contributed by atoms with E-state index in [-0.39, 0.29) is 18.4 Å². The summed E-state index contributed by atoms with van der Waals surface area (Å²) in [5.41, 5.74) is 2.49. The molecule has 1 unspecified atom stereocenters. The fourth-order valence-electron chi connectivity index (χ4n) is 2.01. The van der Waals surface area contributed by atoms with Gasteiger partial charge in [0.05, 0.1) is 10.7 Å². The predicted octanol–water partition coefficient (Wildman–Crippen LogP) is 2.87. The summed E-state index contributed by atoms with van der Waals surface area (Å²) in [6, 6.07) is 7.49. The van der Waals surface area contributed by atoms with Gasteiger partial charge in [-0.3, -0.25) is 4.79 Å². The van der Waals surface area contributed by atoms with Gasteiger partial charge < -0.3 is 10.4 Å². The van der Waals surface area contributed by atoms with Crippen molar-refractivity contribution in [3.8, 4) is 11.3 Å². The summed E-state index contributed by atoms with van der Waals surface area (Å²) in [7, 11) is 0. The summed E-state index contributed by atoms with van der Waals surface area (Å²) >= 11 is 1.60. The molecule has 2 rings (SSSR count). The maximum absolute atomic E-state index is 12.2.